The van der Waals surface area contributed by atoms with E-state index in [1.165, 1.54) is 44.1 Å². The van der Waals surface area contributed by atoms with Crippen molar-refractivity contribution in [2.75, 3.05) is 0 Å². The van der Waals surface area contributed by atoms with Crippen LogP contribution in [0.1, 0.15) is 92.2 Å². The van der Waals surface area contributed by atoms with Crippen molar-refractivity contribution < 1.29 is 83.7 Å². The van der Waals surface area contributed by atoms with Crippen molar-refractivity contribution in [3.63, 3.8) is 0 Å². The minimum absolute atomic E-state index is 0. The molecule has 5 rings (SSSR count). The number of aromatic nitrogens is 4. The number of carbonyl (C=O) groups excluding carboxylic acids is 2. The van der Waals surface area contributed by atoms with E-state index >= 15 is 0 Å². The zero-order valence-corrected chi connectivity index (χ0v) is 30.4. The molecular weight excluding hydrogens is 590 g/mol. The van der Waals surface area contributed by atoms with Gasteiger partial charge in [-0.1, -0.05) is 45.4 Å². The summed E-state index contributed by atoms with van der Waals surface area (Å²) in [6.07, 6.45) is 14.5. The van der Waals surface area contributed by atoms with E-state index in [1.807, 2.05) is 48.6 Å². The summed E-state index contributed by atoms with van der Waals surface area (Å²) in [5.41, 5.74) is 8.18. The Labute approximate surface area is 307 Å². The largest absolute Gasteiger partial charge is 1.00 e. The maximum atomic E-state index is 11.5. The molecule has 11 heteroatoms. The van der Waals surface area contributed by atoms with Gasteiger partial charge < -0.3 is 34.5 Å². The summed E-state index contributed by atoms with van der Waals surface area (Å²) in [5.74, 6) is -3.16. The first-order valence-electron chi connectivity index (χ1n) is 15.0. The van der Waals surface area contributed by atoms with Crippen LogP contribution < -0.4 is 69.3 Å². The van der Waals surface area contributed by atoms with Gasteiger partial charge >= 0.3 is 59.1 Å². The summed E-state index contributed by atoms with van der Waals surface area (Å²) in [5, 5.41) is 22.5. The zero-order chi connectivity index (χ0) is 30.2. The number of nitrogens with zero attached hydrogens (tertiary/aromatic N) is 2. The Balaban J connectivity index is 0.00000276. The van der Waals surface area contributed by atoms with Crippen molar-refractivity contribution in [1.82, 2.24) is 19.9 Å². The van der Waals surface area contributed by atoms with E-state index < -0.39 is 24.5 Å². The van der Waals surface area contributed by atoms with E-state index in [2.05, 4.69) is 29.0 Å². The van der Waals surface area contributed by atoms with Crippen LogP contribution in [-0.4, -0.2) is 38.0 Å². The van der Waals surface area contributed by atoms with Gasteiger partial charge in [0.1, 0.15) is 6.10 Å². The average Bonchev–Trinajstić information content (AvgIpc) is 3.79. The van der Waals surface area contributed by atoms with Crippen LogP contribution in [0.3, 0.4) is 0 Å². The molecule has 3 aromatic heterocycles. The van der Waals surface area contributed by atoms with Crippen molar-refractivity contribution in [3.05, 3.63) is 70.3 Å². The Morgan fingerprint density at radius 3 is 1.80 bits per heavy atom. The molecule has 0 amide bonds. The van der Waals surface area contributed by atoms with Crippen LogP contribution in [0.4, 0.5) is 0 Å². The van der Waals surface area contributed by atoms with Gasteiger partial charge in [-0.15, -0.1) is 0 Å². The van der Waals surface area contributed by atoms with Gasteiger partial charge in [0.05, 0.1) is 35.4 Å². The van der Waals surface area contributed by atoms with E-state index in [1.54, 1.807) is 0 Å². The van der Waals surface area contributed by atoms with Gasteiger partial charge in [0.2, 0.25) is 0 Å². The molecule has 0 saturated heterocycles. The van der Waals surface area contributed by atoms with Crippen LogP contribution in [-0.2, 0) is 27.4 Å². The quantitative estimate of drug-likeness (QED) is 0.116. The third-order valence-electron chi connectivity index (χ3n) is 7.69. The van der Waals surface area contributed by atoms with E-state index in [-0.39, 0.29) is 65.7 Å². The Morgan fingerprint density at radius 2 is 1.29 bits per heavy atom. The third-order valence-corrected chi connectivity index (χ3v) is 7.69. The van der Waals surface area contributed by atoms with Crippen LogP contribution in [0, 0.1) is 0 Å². The minimum atomic E-state index is -1.67. The van der Waals surface area contributed by atoms with Crippen LogP contribution in [0.25, 0.3) is 46.4 Å². The second-order valence-corrected chi connectivity index (χ2v) is 11.0. The number of ether oxygens (including phenoxy) is 1. The Kier molecular flexibility index (Phi) is 14.8. The summed E-state index contributed by atoms with van der Waals surface area (Å²) >= 11 is 0. The second-order valence-electron chi connectivity index (χ2n) is 11.0. The van der Waals surface area contributed by atoms with E-state index in [9.17, 15) is 19.8 Å². The zero-order valence-electron chi connectivity index (χ0n) is 26.4. The van der Waals surface area contributed by atoms with Crippen molar-refractivity contribution in [3.8, 4) is 0 Å². The molecule has 5 heterocycles. The number of carboxylic acids is 2. The third kappa shape index (κ3) is 10.2. The molecule has 1 atom stereocenters. The molecule has 1 unspecified atom stereocenters. The molecule has 8 bridgehead atoms. The number of H-pyrrole nitrogens is 2. The summed E-state index contributed by atoms with van der Waals surface area (Å²) in [6.45, 7) is 2.01. The van der Waals surface area contributed by atoms with Gasteiger partial charge in [-0.25, -0.2) is 9.97 Å². The number of hydrogen-bond donors (Lipinski definition) is 2. The van der Waals surface area contributed by atoms with Gasteiger partial charge in [-0.05, 0) is 79.1 Å². The molecular formula is C34H36N4Na2O5. The Bertz CT molecular complexity index is 1610. The fourth-order valence-electron chi connectivity index (χ4n) is 5.41. The number of unbranched alkanes of at least 4 members (excludes halogenated alkanes) is 6. The maximum Gasteiger partial charge on any atom is 1.00 e. The number of carbonyl (C=O) groups is 2. The van der Waals surface area contributed by atoms with E-state index in [4.69, 9.17) is 14.7 Å². The van der Waals surface area contributed by atoms with Crippen molar-refractivity contribution >= 4 is 58.3 Å². The van der Waals surface area contributed by atoms with Crippen LogP contribution in [0.5, 0.6) is 0 Å². The fourth-order valence-corrected chi connectivity index (χ4v) is 5.41. The van der Waals surface area contributed by atoms with Crippen LogP contribution in [0.15, 0.2) is 36.4 Å². The number of rotatable bonds is 14. The molecule has 45 heavy (non-hydrogen) atoms. The Hall–Kier alpha value is -2.50. The molecule has 0 radical (unpaired) electrons. The molecule has 0 aromatic carbocycles. The number of nitrogens with one attached hydrogen (secondary N) is 2. The number of carboxylic acid groups (broad SMARTS) is 2. The van der Waals surface area contributed by atoms with Gasteiger partial charge in [-0.2, -0.15) is 0 Å². The number of fused-ring (bicyclic) bond motifs is 8. The summed E-state index contributed by atoms with van der Waals surface area (Å²) in [7, 11) is 0. The first-order chi connectivity index (χ1) is 20.9. The van der Waals surface area contributed by atoms with E-state index in [0.717, 1.165) is 34.9 Å². The molecule has 0 spiro atoms. The topological polar surface area (TPSA) is 147 Å². The molecule has 0 saturated carbocycles. The number of aliphatic carboxylic acids is 2. The smallest absolute Gasteiger partial charge is 0.550 e. The molecule has 0 aliphatic carbocycles. The number of hydrogen-bond acceptors (Lipinski definition) is 7. The molecule has 2 aliphatic rings. The summed E-state index contributed by atoms with van der Waals surface area (Å²) in [6, 6.07) is 12.2. The SMILES string of the molecule is CCCCCCCCCc1c2ccc(cc3nc(c(COC(CC(=O)[O-])C(=O)[O-])c4nc(cc5ccc1[nH]5)C=C4)C=C3)[nH]2.[Na+].[Na+]. The van der Waals surface area contributed by atoms with Gasteiger partial charge in [0, 0.05) is 40.0 Å². The molecule has 9 nitrogen and oxygen atoms in total. The van der Waals surface area contributed by atoms with Crippen molar-refractivity contribution in [2.45, 2.75) is 77.4 Å². The molecule has 3 aromatic rings. The van der Waals surface area contributed by atoms with Gasteiger partial charge in [0.25, 0.3) is 0 Å². The van der Waals surface area contributed by atoms with Crippen LogP contribution >= 0.6 is 0 Å². The monoisotopic (exact) mass is 626 g/mol. The summed E-state index contributed by atoms with van der Waals surface area (Å²) in [4.78, 5) is 39.1. The predicted molar refractivity (Wildman–Crippen MR) is 164 cm³/mol. The normalized spacial score (nSPS) is 12.4. The van der Waals surface area contributed by atoms with Crippen molar-refractivity contribution in [2.24, 2.45) is 0 Å². The standard InChI is InChI=1S/C34H38N4O5.2Na/c1-2-3-4-5-6-7-8-9-26-28-14-10-22(35-28)18-24-12-16-30(37-24)27(21-43-32(34(41)42)20-33(39)40)31-17-13-25(38-31)19-23-11-15-29(26)36-23;;/h10-19,32,35-36H,2-9,20-21H2,1H3,(H,39,40)(H,41,42);;/q;2*+1/p-2. The average molecular weight is 627 g/mol. The number of aryl methyl sites for hydroxylation is 1. The summed E-state index contributed by atoms with van der Waals surface area (Å²) < 4.78 is 5.48. The van der Waals surface area contributed by atoms with Crippen LogP contribution in [0.2, 0.25) is 0 Å². The van der Waals surface area contributed by atoms with Gasteiger partial charge in [0.15, 0.2) is 0 Å². The second kappa shape index (κ2) is 18.0. The molecule has 2 N–H and O–H groups in total. The van der Waals surface area contributed by atoms with E-state index in [0.29, 0.717) is 28.3 Å². The molecule has 2 aliphatic heterocycles. The first-order valence-corrected chi connectivity index (χ1v) is 15.0. The first kappa shape index (κ1) is 37.0. The Morgan fingerprint density at radius 1 is 0.756 bits per heavy atom. The predicted octanol–water partition coefficient (Wildman–Crippen LogP) is -1.27. The minimum Gasteiger partial charge on any atom is -0.550 e. The maximum absolute atomic E-state index is 11.5. The molecule has 0 fully saturated rings. The number of aromatic amines is 2. The fraction of sp³-hybridized carbons (Fsp3) is 0.353. The van der Waals surface area contributed by atoms with Crippen molar-refractivity contribution in [1.29, 1.82) is 0 Å². The molecule has 224 valence electrons. The van der Waals surface area contributed by atoms with Gasteiger partial charge in [-0.3, -0.25) is 0 Å².